The quantitative estimate of drug-likeness (QED) is 0.573. The fraction of sp³-hybridized carbons (Fsp3) is 0.217. The normalized spacial score (nSPS) is 10.5. The lowest BCUT2D eigenvalue weighted by Gasteiger charge is -2.09. The summed E-state index contributed by atoms with van der Waals surface area (Å²) in [5.74, 6) is 0.163. The molecule has 0 spiro atoms. The monoisotopic (exact) mass is 376 g/mol. The Labute approximate surface area is 164 Å². The summed E-state index contributed by atoms with van der Waals surface area (Å²) in [6.45, 7) is 2.67. The van der Waals surface area contributed by atoms with Gasteiger partial charge in [0, 0.05) is 11.3 Å². The first kappa shape index (κ1) is 19.4. The molecule has 2 N–H and O–H groups in total. The molecule has 0 fully saturated rings. The first-order valence-electron chi connectivity index (χ1n) is 9.45. The van der Waals surface area contributed by atoms with Crippen LogP contribution in [0.3, 0.4) is 0 Å². The lowest BCUT2D eigenvalue weighted by molar-refractivity contribution is -0.115. The SMILES string of the molecule is CCCCOc1ccc(C(=O)NCC(=O)Nc2ccc3ccccc3c2)cc1. The van der Waals surface area contributed by atoms with Gasteiger partial charge in [0.25, 0.3) is 5.91 Å². The summed E-state index contributed by atoms with van der Waals surface area (Å²) in [4.78, 5) is 24.4. The fourth-order valence-corrected chi connectivity index (χ4v) is 2.77. The first-order chi connectivity index (χ1) is 13.7. The van der Waals surface area contributed by atoms with E-state index in [0.29, 0.717) is 17.9 Å². The molecule has 3 aromatic carbocycles. The number of amides is 2. The predicted molar refractivity (Wildman–Crippen MR) is 112 cm³/mol. The van der Waals surface area contributed by atoms with E-state index in [0.717, 1.165) is 29.4 Å². The summed E-state index contributed by atoms with van der Waals surface area (Å²) in [7, 11) is 0. The van der Waals surface area contributed by atoms with Gasteiger partial charge >= 0.3 is 0 Å². The van der Waals surface area contributed by atoms with Gasteiger partial charge in [-0.05, 0) is 53.6 Å². The van der Waals surface area contributed by atoms with E-state index < -0.39 is 0 Å². The van der Waals surface area contributed by atoms with Gasteiger partial charge in [0.15, 0.2) is 0 Å². The number of ether oxygens (including phenoxy) is 1. The summed E-state index contributed by atoms with van der Waals surface area (Å²) >= 11 is 0. The molecule has 0 aliphatic carbocycles. The molecule has 0 atom stereocenters. The number of rotatable bonds is 8. The number of benzene rings is 3. The molecule has 3 rings (SSSR count). The van der Waals surface area contributed by atoms with Crippen LogP contribution >= 0.6 is 0 Å². The van der Waals surface area contributed by atoms with Gasteiger partial charge in [-0.3, -0.25) is 9.59 Å². The molecule has 5 nitrogen and oxygen atoms in total. The highest BCUT2D eigenvalue weighted by Crippen LogP contribution is 2.18. The average Bonchev–Trinajstić information content (AvgIpc) is 2.72. The van der Waals surface area contributed by atoms with Crippen LogP contribution in [0.1, 0.15) is 30.1 Å². The number of carbonyl (C=O) groups excluding carboxylic acids is 2. The molecule has 0 aliphatic heterocycles. The predicted octanol–water partition coefficient (Wildman–Crippen LogP) is 4.39. The number of nitrogens with one attached hydrogen (secondary N) is 2. The zero-order chi connectivity index (χ0) is 19.8. The molecule has 3 aromatic rings. The Morgan fingerprint density at radius 2 is 1.68 bits per heavy atom. The second-order valence-corrected chi connectivity index (χ2v) is 6.52. The third-order valence-electron chi connectivity index (χ3n) is 4.33. The average molecular weight is 376 g/mol. The van der Waals surface area contributed by atoms with Gasteiger partial charge < -0.3 is 15.4 Å². The highest BCUT2D eigenvalue weighted by atomic mass is 16.5. The maximum absolute atomic E-state index is 12.2. The highest BCUT2D eigenvalue weighted by molar-refractivity contribution is 6.00. The van der Waals surface area contributed by atoms with Crippen molar-refractivity contribution in [3.05, 3.63) is 72.3 Å². The number of unbranched alkanes of at least 4 members (excludes halogenated alkanes) is 1. The number of hydrogen-bond acceptors (Lipinski definition) is 3. The van der Waals surface area contributed by atoms with Crippen LogP contribution in [-0.4, -0.2) is 25.0 Å². The third-order valence-corrected chi connectivity index (χ3v) is 4.33. The Bertz CT molecular complexity index is 951. The standard InChI is InChI=1S/C23H24N2O3/c1-2-3-14-28-21-12-9-18(10-13-21)23(27)24-16-22(26)25-20-11-8-17-6-4-5-7-19(17)15-20/h4-13,15H,2-3,14,16H2,1H3,(H,24,27)(H,25,26). The molecule has 0 aromatic heterocycles. The highest BCUT2D eigenvalue weighted by Gasteiger charge is 2.09. The van der Waals surface area contributed by atoms with Crippen molar-refractivity contribution < 1.29 is 14.3 Å². The topological polar surface area (TPSA) is 67.4 Å². The van der Waals surface area contributed by atoms with Crippen molar-refractivity contribution in [1.29, 1.82) is 0 Å². The number of fused-ring (bicyclic) bond motifs is 1. The van der Waals surface area contributed by atoms with Crippen LogP contribution in [0.15, 0.2) is 66.7 Å². The van der Waals surface area contributed by atoms with Crippen LogP contribution in [0.4, 0.5) is 5.69 Å². The largest absolute Gasteiger partial charge is 0.494 e. The van der Waals surface area contributed by atoms with E-state index in [-0.39, 0.29) is 18.4 Å². The Morgan fingerprint density at radius 3 is 2.43 bits per heavy atom. The molecular weight excluding hydrogens is 352 g/mol. The summed E-state index contributed by atoms with van der Waals surface area (Å²) < 4.78 is 5.58. The molecule has 144 valence electrons. The number of carbonyl (C=O) groups is 2. The minimum Gasteiger partial charge on any atom is -0.494 e. The maximum Gasteiger partial charge on any atom is 0.251 e. The van der Waals surface area contributed by atoms with Crippen LogP contribution in [0, 0.1) is 0 Å². The Kier molecular flexibility index (Phi) is 6.63. The van der Waals surface area contributed by atoms with Gasteiger partial charge in [-0.2, -0.15) is 0 Å². The van der Waals surface area contributed by atoms with E-state index >= 15 is 0 Å². The Hall–Kier alpha value is -3.34. The molecule has 0 radical (unpaired) electrons. The fourth-order valence-electron chi connectivity index (χ4n) is 2.77. The van der Waals surface area contributed by atoms with Crippen molar-refractivity contribution in [2.75, 3.05) is 18.5 Å². The van der Waals surface area contributed by atoms with Crippen LogP contribution in [0.25, 0.3) is 10.8 Å². The Morgan fingerprint density at radius 1 is 0.929 bits per heavy atom. The van der Waals surface area contributed by atoms with E-state index in [1.807, 2.05) is 42.5 Å². The minimum absolute atomic E-state index is 0.0968. The van der Waals surface area contributed by atoms with Crippen molar-refractivity contribution in [2.45, 2.75) is 19.8 Å². The molecule has 28 heavy (non-hydrogen) atoms. The number of anilines is 1. The molecule has 0 saturated heterocycles. The lowest BCUT2D eigenvalue weighted by Crippen LogP contribution is -2.32. The van der Waals surface area contributed by atoms with E-state index in [1.165, 1.54) is 0 Å². The van der Waals surface area contributed by atoms with Crippen LogP contribution in [0.2, 0.25) is 0 Å². The zero-order valence-electron chi connectivity index (χ0n) is 15.9. The molecule has 0 bridgehead atoms. The van der Waals surface area contributed by atoms with Crippen molar-refractivity contribution >= 4 is 28.3 Å². The molecule has 0 aliphatic rings. The molecule has 2 amide bonds. The third kappa shape index (κ3) is 5.33. The minimum atomic E-state index is -0.297. The van der Waals surface area contributed by atoms with Gasteiger partial charge in [0.2, 0.25) is 5.91 Å². The van der Waals surface area contributed by atoms with Gasteiger partial charge in [0.05, 0.1) is 13.2 Å². The molecule has 0 saturated carbocycles. The molecule has 0 unspecified atom stereocenters. The van der Waals surface area contributed by atoms with Crippen molar-refractivity contribution in [2.24, 2.45) is 0 Å². The van der Waals surface area contributed by atoms with E-state index in [1.54, 1.807) is 24.3 Å². The summed E-state index contributed by atoms with van der Waals surface area (Å²) in [6, 6.07) is 20.5. The van der Waals surface area contributed by atoms with Crippen molar-refractivity contribution in [3.63, 3.8) is 0 Å². The second kappa shape index (κ2) is 9.55. The van der Waals surface area contributed by atoms with Crippen LogP contribution < -0.4 is 15.4 Å². The second-order valence-electron chi connectivity index (χ2n) is 6.52. The zero-order valence-corrected chi connectivity index (χ0v) is 15.9. The van der Waals surface area contributed by atoms with E-state index in [9.17, 15) is 9.59 Å². The lowest BCUT2D eigenvalue weighted by atomic mass is 10.1. The molecular formula is C23H24N2O3. The van der Waals surface area contributed by atoms with Gasteiger partial charge in [0.1, 0.15) is 5.75 Å². The van der Waals surface area contributed by atoms with Gasteiger partial charge in [-0.15, -0.1) is 0 Å². The molecule has 0 heterocycles. The van der Waals surface area contributed by atoms with Gasteiger partial charge in [-0.1, -0.05) is 43.7 Å². The Balaban J connectivity index is 1.49. The van der Waals surface area contributed by atoms with E-state index in [4.69, 9.17) is 4.74 Å². The summed E-state index contributed by atoms with van der Waals surface area (Å²) in [5, 5.41) is 7.60. The summed E-state index contributed by atoms with van der Waals surface area (Å²) in [6.07, 6.45) is 2.07. The number of hydrogen-bond donors (Lipinski definition) is 2. The van der Waals surface area contributed by atoms with Gasteiger partial charge in [-0.25, -0.2) is 0 Å². The first-order valence-corrected chi connectivity index (χ1v) is 9.45. The smallest absolute Gasteiger partial charge is 0.251 e. The van der Waals surface area contributed by atoms with Crippen molar-refractivity contribution in [1.82, 2.24) is 5.32 Å². The van der Waals surface area contributed by atoms with E-state index in [2.05, 4.69) is 17.6 Å². The van der Waals surface area contributed by atoms with Crippen LogP contribution in [0.5, 0.6) is 5.75 Å². The van der Waals surface area contributed by atoms with Crippen molar-refractivity contribution in [3.8, 4) is 5.75 Å². The summed E-state index contributed by atoms with van der Waals surface area (Å²) in [5.41, 5.74) is 1.19. The van der Waals surface area contributed by atoms with Crippen LogP contribution in [-0.2, 0) is 4.79 Å². The molecule has 5 heteroatoms. The maximum atomic E-state index is 12.2.